The van der Waals surface area contributed by atoms with Gasteiger partial charge in [0, 0.05) is 32.2 Å². The zero-order chi connectivity index (χ0) is 14.4. The second-order valence-electron chi connectivity index (χ2n) is 4.78. The molecule has 1 heterocycles. The fraction of sp³-hybridized carbons (Fsp3) is 0.467. The van der Waals surface area contributed by atoms with Crippen molar-refractivity contribution in [2.45, 2.75) is 19.1 Å². The number of alkyl halides is 2. The van der Waals surface area contributed by atoms with Gasteiger partial charge in [-0.1, -0.05) is 18.2 Å². The third-order valence-corrected chi connectivity index (χ3v) is 3.45. The van der Waals surface area contributed by atoms with Gasteiger partial charge in [-0.15, -0.1) is 31.4 Å². The van der Waals surface area contributed by atoms with Gasteiger partial charge in [-0.05, 0) is 24.1 Å². The molecule has 2 rings (SSSR count). The smallest absolute Gasteiger partial charge is 0.387 e. The molecule has 126 valence electrons. The molecule has 0 aromatic heterocycles. The first kappa shape index (κ1) is 21.1. The Morgan fingerprint density at radius 2 is 1.95 bits per heavy atom. The second-order valence-corrected chi connectivity index (χ2v) is 4.78. The van der Waals surface area contributed by atoms with E-state index in [4.69, 9.17) is 0 Å². The van der Waals surface area contributed by atoms with E-state index < -0.39 is 6.61 Å². The molecule has 0 unspecified atom stereocenters. The Bertz CT molecular complexity index is 443. The fourth-order valence-electron chi connectivity index (χ4n) is 2.55. The van der Waals surface area contributed by atoms with Crippen molar-refractivity contribution in [3.05, 3.63) is 42.5 Å². The molecule has 3 nitrogen and oxygen atoms in total. The van der Waals surface area contributed by atoms with E-state index in [1.807, 2.05) is 12.1 Å². The van der Waals surface area contributed by atoms with Gasteiger partial charge in [0.15, 0.2) is 0 Å². The zero-order valence-electron chi connectivity index (χ0n) is 12.2. The van der Waals surface area contributed by atoms with Gasteiger partial charge in [0.25, 0.3) is 0 Å². The minimum atomic E-state index is -2.79. The van der Waals surface area contributed by atoms with Crippen molar-refractivity contribution < 1.29 is 13.5 Å². The molecule has 0 bridgehead atoms. The minimum absolute atomic E-state index is 0. The van der Waals surface area contributed by atoms with Crippen LogP contribution in [0, 0.1) is 0 Å². The summed E-state index contributed by atoms with van der Waals surface area (Å²) in [6, 6.07) is 7.12. The monoisotopic (exact) mass is 354 g/mol. The van der Waals surface area contributed by atoms with Crippen LogP contribution in [0.2, 0.25) is 0 Å². The third kappa shape index (κ3) is 6.08. The average molecular weight is 355 g/mol. The molecule has 22 heavy (non-hydrogen) atoms. The molecule has 1 atom stereocenters. The first-order valence-corrected chi connectivity index (χ1v) is 6.81. The van der Waals surface area contributed by atoms with E-state index in [2.05, 4.69) is 21.5 Å². The van der Waals surface area contributed by atoms with Gasteiger partial charge < -0.3 is 10.1 Å². The summed E-state index contributed by atoms with van der Waals surface area (Å²) in [6.45, 7) is 4.78. The van der Waals surface area contributed by atoms with Crippen molar-refractivity contribution in [3.8, 4) is 5.75 Å². The van der Waals surface area contributed by atoms with E-state index in [9.17, 15) is 8.78 Å². The summed E-state index contributed by atoms with van der Waals surface area (Å²) in [4.78, 5) is 2.35. The second kappa shape index (κ2) is 10.8. The molecule has 0 radical (unpaired) electrons. The lowest BCUT2D eigenvalue weighted by Crippen LogP contribution is -2.45. The number of nitrogens with one attached hydrogen (secondary N) is 1. The molecular formula is C15H22Cl2F2N2O. The highest BCUT2D eigenvalue weighted by Crippen LogP contribution is 2.28. The van der Waals surface area contributed by atoms with Crippen LogP contribution in [0.5, 0.6) is 5.75 Å². The van der Waals surface area contributed by atoms with Gasteiger partial charge in [0.05, 0.1) is 0 Å². The quantitative estimate of drug-likeness (QED) is 0.789. The SMILES string of the molecule is C=CC[C@H](c1cccc(OC(F)F)c1)N1CCNCC1.Cl.Cl. The molecule has 0 saturated carbocycles. The van der Waals surface area contributed by atoms with E-state index in [0.717, 1.165) is 38.2 Å². The van der Waals surface area contributed by atoms with Crippen molar-refractivity contribution >= 4 is 24.8 Å². The largest absolute Gasteiger partial charge is 0.435 e. The van der Waals surface area contributed by atoms with Crippen LogP contribution < -0.4 is 10.1 Å². The Hall–Kier alpha value is -0.880. The van der Waals surface area contributed by atoms with Crippen molar-refractivity contribution in [1.82, 2.24) is 10.2 Å². The average Bonchev–Trinajstić information content (AvgIpc) is 2.45. The topological polar surface area (TPSA) is 24.5 Å². The van der Waals surface area contributed by atoms with Gasteiger partial charge >= 0.3 is 6.61 Å². The van der Waals surface area contributed by atoms with Crippen LogP contribution in [0.25, 0.3) is 0 Å². The highest BCUT2D eigenvalue weighted by Gasteiger charge is 2.21. The third-order valence-electron chi connectivity index (χ3n) is 3.45. The van der Waals surface area contributed by atoms with E-state index in [0.29, 0.717) is 0 Å². The highest BCUT2D eigenvalue weighted by molar-refractivity contribution is 5.85. The molecule has 1 N–H and O–H groups in total. The van der Waals surface area contributed by atoms with Crippen LogP contribution >= 0.6 is 24.8 Å². The number of rotatable bonds is 6. The summed E-state index contributed by atoms with van der Waals surface area (Å²) in [7, 11) is 0. The van der Waals surface area contributed by atoms with E-state index in [1.54, 1.807) is 18.2 Å². The molecular weight excluding hydrogens is 333 g/mol. The Labute approximate surface area is 142 Å². The summed E-state index contributed by atoms with van der Waals surface area (Å²) in [6.07, 6.45) is 2.66. The van der Waals surface area contributed by atoms with Gasteiger partial charge in [0.2, 0.25) is 0 Å². The van der Waals surface area contributed by atoms with Crippen molar-refractivity contribution in [3.63, 3.8) is 0 Å². The normalized spacial score (nSPS) is 16.3. The maximum absolute atomic E-state index is 12.3. The maximum Gasteiger partial charge on any atom is 0.387 e. The number of ether oxygens (including phenoxy) is 1. The molecule has 0 spiro atoms. The van der Waals surface area contributed by atoms with Crippen LogP contribution in [-0.2, 0) is 0 Å². The zero-order valence-corrected chi connectivity index (χ0v) is 13.8. The number of piperazine rings is 1. The Morgan fingerprint density at radius 1 is 1.27 bits per heavy atom. The summed E-state index contributed by atoms with van der Waals surface area (Å²) in [5.74, 6) is 0.210. The standard InChI is InChI=1S/C15H20F2N2O.2ClH/c1-2-4-14(19-9-7-18-8-10-19)12-5-3-6-13(11-12)20-15(16)17;;/h2-3,5-6,11,14-15,18H,1,4,7-10H2;2*1H/t14-;;/m1../s1. The Balaban J connectivity index is 0.00000220. The van der Waals surface area contributed by atoms with Crippen LogP contribution in [0.3, 0.4) is 0 Å². The molecule has 0 amide bonds. The summed E-state index contributed by atoms with van der Waals surface area (Å²) < 4.78 is 29.1. The Morgan fingerprint density at radius 3 is 2.55 bits per heavy atom. The van der Waals surface area contributed by atoms with E-state index in [1.165, 1.54) is 0 Å². The number of hydrogen-bond acceptors (Lipinski definition) is 3. The summed E-state index contributed by atoms with van der Waals surface area (Å²) in [5, 5.41) is 3.31. The summed E-state index contributed by atoms with van der Waals surface area (Å²) in [5.41, 5.74) is 0.991. The van der Waals surface area contributed by atoms with E-state index in [-0.39, 0.29) is 36.6 Å². The molecule has 1 aliphatic heterocycles. The molecule has 0 aliphatic carbocycles. The Kier molecular flexibility index (Phi) is 10.3. The van der Waals surface area contributed by atoms with Gasteiger partial charge in [0.1, 0.15) is 5.75 Å². The van der Waals surface area contributed by atoms with Crippen molar-refractivity contribution in [2.75, 3.05) is 26.2 Å². The van der Waals surface area contributed by atoms with Crippen LogP contribution in [-0.4, -0.2) is 37.7 Å². The maximum atomic E-state index is 12.3. The van der Waals surface area contributed by atoms with Crippen LogP contribution in [0.4, 0.5) is 8.78 Å². The molecule has 1 saturated heterocycles. The highest BCUT2D eigenvalue weighted by atomic mass is 35.5. The predicted molar refractivity (Wildman–Crippen MR) is 89.6 cm³/mol. The number of nitrogens with zero attached hydrogens (tertiary/aromatic N) is 1. The van der Waals surface area contributed by atoms with Crippen LogP contribution in [0.15, 0.2) is 36.9 Å². The van der Waals surface area contributed by atoms with Gasteiger partial charge in [-0.3, -0.25) is 4.90 Å². The molecule has 1 aromatic rings. The predicted octanol–water partition coefficient (Wildman–Crippen LogP) is 3.65. The first-order valence-electron chi connectivity index (χ1n) is 6.81. The van der Waals surface area contributed by atoms with E-state index >= 15 is 0 Å². The lowest BCUT2D eigenvalue weighted by molar-refractivity contribution is -0.0499. The molecule has 1 aliphatic rings. The van der Waals surface area contributed by atoms with Gasteiger partial charge in [-0.25, -0.2) is 0 Å². The summed E-state index contributed by atoms with van der Waals surface area (Å²) >= 11 is 0. The number of hydrogen-bond donors (Lipinski definition) is 1. The van der Waals surface area contributed by atoms with Crippen molar-refractivity contribution in [1.29, 1.82) is 0 Å². The number of benzene rings is 1. The van der Waals surface area contributed by atoms with Crippen LogP contribution in [0.1, 0.15) is 18.0 Å². The fourth-order valence-corrected chi connectivity index (χ4v) is 2.55. The lowest BCUT2D eigenvalue weighted by atomic mass is 10.0. The number of halogens is 4. The molecule has 1 aromatic carbocycles. The lowest BCUT2D eigenvalue weighted by Gasteiger charge is -2.35. The minimum Gasteiger partial charge on any atom is -0.435 e. The first-order chi connectivity index (χ1) is 9.70. The molecule has 1 fully saturated rings. The molecule has 7 heteroatoms. The van der Waals surface area contributed by atoms with Crippen molar-refractivity contribution in [2.24, 2.45) is 0 Å². The van der Waals surface area contributed by atoms with Gasteiger partial charge in [-0.2, -0.15) is 8.78 Å².